The average Bonchev–Trinajstić information content (AvgIpc) is 2.84. The van der Waals surface area contributed by atoms with E-state index in [4.69, 9.17) is 16.3 Å². The first-order valence-electron chi connectivity index (χ1n) is 11.8. The van der Waals surface area contributed by atoms with Crippen LogP contribution in [0.3, 0.4) is 0 Å². The van der Waals surface area contributed by atoms with Crippen LogP contribution < -0.4 is 4.74 Å². The molecule has 0 spiro atoms. The minimum absolute atomic E-state index is 0.00387. The van der Waals surface area contributed by atoms with E-state index in [0.717, 1.165) is 25.2 Å². The van der Waals surface area contributed by atoms with Crippen LogP contribution in [0.5, 0.6) is 5.75 Å². The minimum atomic E-state index is -0.892. The van der Waals surface area contributed by atoms with Gasteiger partial charge in [-0.15, -0.1) is 0 Å². The van der Waals surface area contributed by atoms with Crippen molar-refractivity contribution in [3.63, 3.8) is 0 Å². The van der Waals surface area contributed by atoms with E-state index in [-0.39, 0.29) is 25.5 Å². The summed E-state index contributed by atoms with van der Waals surface area (Å²) in [6, 6.07) is 10.3. The topological polar surface area (TPSA) is 53.1 Å². The second kappa shape index (κ2) is 10.9. The molecule has 0 radical (unpaired) electrons. The molecule has 1 atom stereocenters. The third-order valence-electron chi connectivity index (χ3n) is 6.87. The number of halogens is 3. The second-order valence-electron chi connectivity index (χ2n) is 9.53. The zero-order valence-corrected chi connectivity index (χ0v) is 20.6. The van der Waals surface area contributed by atoms with Crippen LogP contribution in [0.15, 0.2) is 42.5 Å². The predicted molar refractivity (Wildman–Crippen MR) is 130 cm³/mol. The van der Waals surface area contributed by atoms with Gasteiger partial charge in [0, 0.05) is 56.1 Å². The van der Waals surface area contributed by atoms with E-state index in [9.17, 15) is 18.4 Å². The quantitative estimate of drug-likeness (QED) is 0.593. The number of rotatable bonds is 6. The van der Waals surface area contributed by atoms with Crippen LogP contribution in [0.1, 0.15) is 29.6 Å². The maximum atomic E-state index is 14.3. The number of likely N-dealkylation sites (tertiary alicyclic amines) is 1. The number of carbonyl (C=O) groups is 2. The number of hydrogen-bond acceptors (Lipinski definition) is 4. The summed E-state index contributed by atoms with van der Waals surface area (Å²) in [7, 11) is 2.02. The van der Waals surface area contributed by atoms with Crippen molar-refractivity contribution >= 4 is 23.4 Å². The Labute approximate surface area is 209 Å². The monoisotopic (exact) mass is 505 g/mol. The standard InChI is InChI=1S/C26H30ClF2N3O3/c1-30-12-14-31(15-13-30)23(33)16-26(18-35-20-8-6-19(27)7-9-20)10-3-11-32(17-26)25(34)24-21(28)4-2-5-22(24)29/h2,4-9H,3,10-18H2,1H3. The van der Waals surface area contributed by atoms with Gasteiger partial charge in [-0.1, -0.05) is 17.7 Å². The Morgan fingerprint density at radius 1 is 0.971 bits per heavy atom. The Morgan fingerprint density at radius 3 is 2.29 bits per heavy atom. The number of benzene rings is 2. The Bertz CT molecular complexity index is 1040. The Balaban J connectivity index is 1.55. The van der Waals surface area contributed by atoms with E-state index >= 15 is 0 Å². The molecule has 0 bridgehead atoms. The van der Waals surface area contributed by atoms with Crippen molar-refractivity contribution in [2.24, 2.45) is 5.41 Å². The number of ether oxygens (including phenoxy) is 1. The van der Waals surface area contributed by atoms with Gasteiger partial charge in [0.2, 0.25) is 5.91 Å². The zero-order chi connectivity index (χ0) is 25.0. The molecule has 2 aromatic rings. The SMILES string of the molecule is CN1CCN(C(=O)CC2(COc3ccc(Cl)cc3)CCCN(C(=O)c3c(F)cccc3F)C2)CC1. The van der Waals surface area contributed by atoms with Crippen LogP contribution in [-0.2, 0) is 4.79 Å². The van der Waals surface area contributed by atoms with Crippen LogP contribution >= 0.6 is 11.6 Å². The summed E-state index contributed by atoms with van der Waals surface area (Å²) in [6.07, 6.45) is 1.44. The van der Waals surface area contributed by atoms with Gasteiger partial charge in [-0.2, -0.15) is 0 Å². The fourth-order valence-electron chi connectivity index (χ4n) is 4.81. The van der Waals surface area contributed by atoms with E-state index < -0.39 is 28.5 Å². The highest BCUT2D eigenvalue weighted by molar-refractivity contribution is 6.30. The van der Waals surface area contributed by atoms with E-state index in [1.807, 2.05) is 11.9 Å². The molecular formula is C26H30ClF2N3O3. The van der Waals surface area contributed by atoms with Crippen molar-refractivity contribution in [1.29, 1.82) is 0 Å². The van der Waals surface area contributed by atoms with Gasteiger partial charge in [0.25, 0.3) is 5.91 Å². The molecule has 188 valence electrons. The van der Waals surface area contributed by atoms with Crippen LogP contribution in [0, 0.1) is 17.0 Å². The summed E-state index contributed by atoms with van der Waals surface area (Å²) >= 11 is 5.98. The summed E-state index contributed by atoms with van der Waals surface area (Å²) < 4.78 is 34.8. The summed E-state index contributed by atoms with van der Waals surface area (Å²) in [5.41, 5.74) is -1.25. The molecule has 2 aliphatic heterocycles. The van der Waals surface area contributed by atoms with Gasteiger partial charge >= 0.3 is 0 Å². The van der Waals surface area contributed by atoms with Gasteiger partial charge in [0.05, 0.1) is 6.61 Å². The maximum Gasteiger partial charge on any atom is 0.259 e. The third-order valence-corrected chi connectivity index (χ3v) is 7.12. The summed E-state index contributed by atoms with van der Waals surface area (Å²) in [4.78, 5) is 31.9. The molecule has 4 rings (SSSR count). The molecule has 2 saturated heterocycles. The van der Waals surface area contributed by atoms with E-state index in [0.29, 0.717) is 43.2 Å². The molecular weight excluding hydrogens is 476 g/mol. The summed E-state index contributed by atoms with van der Waals surface area (Å²) in [6.45, 7) is 3.62. The first-order chi connectivity index (χ1) is 16.8. The van der Waals surface area contributed by atoms with Crippen LogP contribution in [0.25, 0.3) is 0 Å². The Morgan fingerprint density at radius 2 is 1.63 bits per heavy atom. The molecule has 2 amide bonds. The molecule has 35 heavy (non-hydrogen) atoms. The van der Waals surface area contributed by atoms with Gasteiger partial charge in [-0.05, 0) is 56.3 Å². The first kappa shape index (κ1) is 25.4. The summed E-state index contributed by atoms with van der Waals surface area (Å²) in [5.74, 6) is -1.88. The number of piperazine rings is 1. The third kappa shape index (κ3) is 6.11. The number of likely N-dealkylation sites (N-methyl/N-ethyl adjacent to an activating group) is 1. The molecule has 2 fully saturated rings. The summed E-state index contributed by atoms with van der Waals surface area (Å²) in [5, 5.41) is 0.582. The average molecular weight is 506 g/mol. The molecule has 2 aromatic carbocycles. The minimum Gasteiger partial charge on any atom is -0.493 e. The van der Waals surface area contributed by atoms with Crippen molar-refractivity contribution in [2.45, 2.75) is 19.3 Å². The van der Waals surface area contributed by atoms with Crippen LogP contribution in [0.2, 0.25) is 5.02 Å². The van der Waals surface area contributed by atoms with Crippen LogP contribution in [0.4, 0.5) is 8.78 Å². The van der Waals surface area contributed by atoms with Crippen molar-refractivity contribution in [3.8, 4) is 5.75 Å². The largest absolute Gasteiger partial charge is 0.493 e. The van der Waals surface area contributed by atoms with Crippen molar-refractivity contribution in [2.75, 3.05) is 52.9 Å². The van der Waals surface area contributed by atoms with Gasteiger partial charge < -0.3 is 19.4 Å². The Hall–Kier alpha value is -2.71. The highest BCUT2D eigenvalue weighted by atomic mass is 35.5. The molecule has 0 aliphatic carbocycles. The molecule has 9 heteroatoms. The molecule has 6 nitrogen and oxygen atoms in total. The van der Waals surface area contributed by atoms with Gasteiger partial charge in [-0.25, -0.2) is 8.78 Å². The molecule has 2 heterocycles. The van der Waals surface area contributed by atoms with Crippen molar-refractivity contribution < 1.29 is 23.1 Å². The predicted octanol–water partition coefficient (Wildman–Crippen LogP) is 4.08. The lowest BCUT2D eigenvalue weighted by Gasteiger charge is -2.43. The molecule has 0 saturated carbocycles. The zero-order valence-electron chi connectivity index (χ0n) is 19.8. The van der Waals surface area contributed by atoms with Gasteiger partial charge in [0.15, 0.2) is 0 Å². The Kier molecular flexibility index (Phi) is 7.91. The molecule has 0 aromatic heterocycles. The molecule has 1 unspecified atom stereocenters. The molecule has 0 N–H and O–H groups in total. The number of hydrogen-bond donors (Lipinski definition) is 0. The molecule has 2 aliphatic rings. The fourth-order valence-corrected chi connectivity index (χ4v) is 4.94. The van der Waals surface area contributed by atoms with E-state index in [1.165, 1.54) is 11.0 Å². The second-order valence-corrected chi connectivity index (χ2v) is 9.97. The fraction of sp³-hybridized carbons (Fsp3) is 0.462. The lowest BCUT2D eigenvalue weighted by molar-refractivity contribution is -0.137. The van der Waals surface area contributed by atoms with E-state index in [1.54, 1.807) is 24.3 Å². The lowest BCUT2D eigenvalue weighted by atomic mass is 9.77. The maximum absolute atomic E-state index is 14.3. The highest BCUT2D eigenvalue weighted by Crippen LogP contribution is 2.36. The number of piperidine rings is 1. The first-order valence-corrected chi connectivity index (χ1v) is 12.2. The smallest absolute Gasteiger partial charge is 0.259 e. The van der Waals surface area contributed by atoms with Gasteiger partial charge in [0.1, 0.15) is 22.9 Å². The number of amides is 2. The normalized spacial score (nSPS) is 21.1. The van der Waals surface area contributed by atoms with E-state index in [2.05, 4.69) is 4.90 Å². The van der Waals surface area contributed by atoms with Gasteiger partial charge in [-0.3, -0.25) is 9.59 Å². The van der Waals surface area contributed by atoms with Crippen LogP contribution in [-0.4, -0.2) is 79.4 Å². The number of carbonyl (C=O) groups excluding carboxylic acids is 2. The number of nitrogens with zero attached hydrogens (tertiary/aromatic N) is 3. The van der Waals surface area contributed by atoms with Crippen molar-refractivity contribution in [3.05, 3.63) is 64.7 Å². The lowest BCUT2D eigenvalue weighted by Crippen LogP contribution is -2.53. The van der Waals surface area contributed by atoms with Crippen molar-refractivity contribution in [1.82, 2.24) is 14.7 Å². The highest BCUT2D eigenvalue weighted by Gasteiger charge is 2.42.